The van der Waals surface area contributed by atoms with E-state index < -0.39 is 23.6 Å². The van der Waals surface area contributed by atoms with Gasteiger partial charge in [0.15, 0.2) is 5.60 Å². The van der Waals surface area contributed by atoms with Gasteiger partial charge in [-0.05, 0) is 0 Å². The summed E-state index contributed by atoms with van der Waals surface area (Å²) in [7, 11) is 0. The van der Waals surface area contributed by atoms with Crippen molar-refractivity contribution in [3.05, 3.63) is 25.3 Å². The van der Waals surface area contributed by atoms with E-state index in [1.165, 1.54) is 0 Å². The van der Waals surface area contributed by atoms with E-state index in [1.807, 2.05) is 0 Å². The highest BCUT2D eigenvalue weighted by Gasteiger charge is 2.43. The van der Waals surface area contributed by atoms with E-state index in [0.29, 0.717) is 0 Å². The van der Waals surface area contributed by atoms with Crippen molar-refractivity contribution in [2.45, 2.75) is 5.60 Å². The third-order valence-corrected chi connectivity index (χ3v) is 2.15. The van der Waals surface area contributed by atoms with Crippen LogP contribution >= 0.6 is 0 Å². The molecule has 0 aromatic heterocycles. The predicted octanol–water partition coefficient (Wildman–Crippen LogP) is -0.0766. The van der Waals surface area contributed by atoms with Crippen LogP contribution in [-0.2, 0) is 23.8 Å². The fourth-order valence-electron chi connectivity index (χ4n) is 1.23. The molecule has 0 bridgehead atoms. The molecule has 1 aliphatic rings. The molecule has 1 fully saturated rings. The Balaban J connectivity index is 2.61. The van der Waals surface area contributed by atoms with E-state index in [2.05, 4.69) is 18.5 Å². The molecule has 0 unspecified atom stereocenters. The standard InChI is InChI=1S/C11H13NO6/c1-3-8(13)16-6-11(5-12-10(15)18-11)7-17-9(14)4-2/h3-4H,1-2,5-7H2,(H,12,15). The Bertz CT molecular complexity index is 365. The van der Waals surface area contributed by atoms with Crippen molar-refractivity contribution >= 4 is 18.0 Å². The van der Waals surface area contributed by atoms with E-state index in [0.717, 1.165) is 12.2 Å². The van der Waals surface area contributed by atoms with Gasteiger partial charge >= 0.3 is 18.0 Å². The summed E-state index contributed by atoms with van der Waals surface area (Å²) in [4.78, 5) is 33.0. The summed E-state index contributed by atoms with van der Waals surface area (Å²) in [5.41, 5.74) is -1.21. The van der Waals surface area contributed by atoms with Crippen molar-refractivity contribution in [3.8, 4) is 0 Å². The van der Waals surface area contributed by atoms with E-state index in [1.54, 1.807) is 0 Å². The van der Waals surface area contributed by atoms with E-state index in [9.17, 15) is 14.4 Å². The van der Waals surface area contributed by atoms with Crippen LogP contribution in [0.4, 0.5) is 4.79 Å². The minimum atomic E-state index is -1.21. The van der Waals surface area contributed by atoms with Crippen molar-refractivity contribution < 1.29 is 28.6 Å². The smallest absolute Gasteiger partial charge is 0.408 e. The highest BCUT2D eigenvalue weighted by Crippen LogP contribution is 2.18. The fraction of sp³-hybridized carbons (Fsp3) is 0.364. The Kier molecular flexibility index (Phi) is 4.47. The molecule has 0 atom stereocenters. The number of carbonyl (C=O) groups excluding carboxylic acids is 3. The second kappa shape index (κ2) is 5.85. The van der Waals surface area contributed by atoms with Gasteiger partial charge in [0.1, 0.15) is 13.2 Å². The molecule has 0 radical (unpaired) electrons. The lowest BCUT2D eigenvalue weighted by Gasteiger charge is -2.24. The molecular weight excluding hydrogens is 242 g/mol. The molecule has 18 heavy (non-hydrogen) atoms. The number of cyclic esters (lactones) is 1. The molecule has 1 heterocycles. The Hall–Kier alpha value is -2.31. The third-order valence-electron chi connectivity index (χ3n) is 2.15. The number of nitrogens with one attached hydrogen (secondary N) is 1. The van der Waals surface area contributed by atoms with Crippen LogP contribution in [0.15, 0.2) is 25.3 Å². The van der Waals surface area contributed by atoms with Crippen molar-refractivity contribution in [1.29, 1.82) is 0 Å². The summed E-state index contributed by atoms with van der Waals surface area (Å²) in [5.74, 6) is -1.32. The van der Waals surface area contributed by atoms with Crippen LogP contribution < -0.4 is 5.32 Å². The molecule has 0 spiro atoms. The second-order valence-corrected chi connectivity index (χ2v) is 3.55. The number of rotatable bonds is 6. The largest absolute Gasteiger partial charge is 0.458 e. The van der Waals surface area contributed by atoms with Crippen LogP contribution in [0.1, 0.15) is 0 Å². The molecule has 0 aromatic rings. The van der Waals surface area contributed by atoms with Gasteiger partial charge in [0.05, 0.1) is 6.54 Å². The van der Waals surface area contributed by atoms with Crippen molar-refractivity contribution in [2.24, 2.45) is 0 Å². The van der Waals surface area contributed by atoms with E-state index >= 15 is 0 Å². The Morgan fingerprint density at radius 1 is 1.28 bits per heavy atom. The Morgan fingerprint density at radius 3 is 2.11 bits per heavy atom. The number of carbonyl (C=O) groups is 3. The number of esters is 2. The summed E-state index contributed by atoms with van der Waals surface area (Å²) in [6, 6.07) is 0. The third kappa shape index (κ3) is 3.62. The molecule has 1 amide bonds. The van der Waals surface area contributed by atoms with Crippen LogP contribution in [0.25, 0.3) is 0 Å². The predicted molar refractivity (Wildman–Crippen MR) is 59.5 cm³/mol. The molecule has 1 rings (SSSR count). The zero-order valence-electron chi connectivity index (χ0n) is 9.64. The maximum Gasteiger partial charge on any atom is 0.408 e. The summed E-state index contributed by atoms with van der Waals surface area (Å²) in [6.07, 6.45) is 1.29. The van der Waals surface area contributed by atoms with Gasteiger partial charge in [-0.2, -0.15) is 0 Å². The van der Waals surface area contributed by atoms with Crippen molar-refractivity contribution in [1.82, 2.24) is 5.32 Å². The maximum atomic E-state index is 11.0. The lowest BCUT2D eigenvalue weighted by Crippen LogP contribution is -2.44. The summed E-state index contributed by atoms with van der Waals surface area (Å²) in [5, 5.41) is 2.40. The first kappa shape index (κ1) is 13.8. The molecule has 1 N–H and O–H groups in total. The summed E-state index contributed by atoms with van der Waals surface area (Å²) in [6.45, 7) is 6.07. The average Bonchev–Trinajstić information content (AvgIpc) is 2.75. The monoisotopic (exact) mass is 255 g/mol. The zero-order valence-corrected chi connectivity index (χ0v) is 9.64. The van der Waals surface area contributed by atoms with Gasteiger partial charge in [0.2, 0.25) is 0 Å². The van der Waals surface area contributed by atoms with Crippen LogP contribution in [0, 0.1) is 0 Å². The van der Waals surface area contributed by atoms with E-state index in [-0.39, 0.29) is 19.8 Å². The van der Waals surface area contributed by atoms with Crippen LogP contribution in [-0.4, -0.2) is 43.4 Å². The highest BCUT2D eigenvalue weighted by molar-refractivity contribution is 5.82. The van der Waals surface area contributed by atoms with Gasteiger partial charge in [-0.3, -0.25) is 0 Å². The minimum absolute atomic E-state index is 0.0701. The minimum Gasteiger partial charge on any atom is -0.458 e. The lowest BCUT2D eigenvalue weighted by molar-refractivity contribution is -0.153. The fourth-order valence-corrected chi connectivity index (χ4v) is 1.23. The van der Waals surface area contributed by atoms with Gasteiger partial charge in [-0.25, -0.2) is 14.4 Å². The Labute approximate surface area is 103 Å². The van der Waals surface area contributed by atoms with Gasteiger partial charge in [0, 0.05) is 12.2 Å². The average molecular weight is 255 g/mol. The topological polar surface area (TPSA) is 90.9 Å². The number of ether oxygens (including phenoxy) is 3. The first-order valence-electron chi connectivity index (χ1n) is 5.06. The molecule has 0 aliphatic carbocycles. The first-order valence-corrected chi connectivity index (χ1v) is 5.06. The SMILES string of the molecule is C=CC(=O)OCC1(COC(=O)C=C)CNC(=O)O1. The molecule has 0 aromatic carbocycles. The molecular formula is C11H13NO6. The summed E-state index contributed by atoms with van der Waals surface area (Å²) < 4.78 is 14.6. The number of hydrogen-bond acceptors (Lipinski definition) is 6. The normalized spacial score (nSPS) is 16.1. The van der Waals surface area contributed by atoms with Crippen LogP contribution in [0.2, 0.25) is 0 Å². The van der Waals surface area contributed by atoms with Crippen LogP contribution in [0.3, 0.4) is 0 Å². The van der Waals surface area contributed by atoms with Crippen molar-refractivity contribution in [2.75, 3.05) is 19.8 Å². The number of alkyl carbamates (subject to hydrolysis) is 1. The number of amides is 1. The highest BCUT2D eigenvalue weighted by atomic mass is 16.6. The van der Waals surface area contributed by atoms with Gasteiger partial charge < -0.3 is 19.5 Å². The zero-order chi connectivity index (χ0) is 13.6. The summed E-state index contributed by atoms with van der Waals surface area (Å²) >= 11 is 0. The van der Waals surface area contributed by atoms with Gasteiger partial charge in [-0.15, -0.1) is 0 Å². The second-order valence-electron chi connectivity index (χ2n) is 3.55. The lowest BCUT2D eigenvalue weighted by atomic mass is 10.1. The van der Waals surface area contributed by atoms with Crippen molar-refractivity contribution in [3.63, 3.8) is 0 Å². The molecule has 7 nitrogen and oxygen atoms in total. The molecule has 0 saturated carbocycles. The molecule has 7 heteroatoms. The molecule has 1 saturated heterocycles. The Morgan fingerprint density at radius 2 is 1.78 bits per heavy atom. The van der Waals surface area contributed by atoms with Gasteiger partial charge in [-0.1, -0.05) is 13.2 Å². The maximum absolute atomic E-state index is 11.0. The number of hydrogen-bond donors (Lipinski definition) is 1. The first-order chi connectivity index (χ1) is 8.51. The molecule has 98 valence electrons. The van der Waals surface area contributed by atoms with Gasteiger partial charge in [0.25, 0.3) is 0 Å². The van der Waals surface area contributed by atoms with E-state index in [4.69, 9.17) is 14.2 Å². The molecule has 1 aliphatic heterocycles. The van der Waals surface area contributed by atoms with Crippen LogP contribution in [0.5, 0.6) is 0 Å². The quantitative estimate of drug-likeness (QED) is 0.405.